The number of hydrogen-bond acceptors (Lipinski definition) is 3. The molecular formula is C34H55KO3S. The molecule has 0 heterocycles. The fourth-order valence-corrected chi connectivity index (χ4v) is 6.41. The van der Waals surface area contributed by atoms with E-state index >= 15 is 0 Å². The van der Waals surface area contributed by atoms with Gasteiger partial charge in [0, 0.05) is 0 Å². The first-order chi connectivity index (χ1) is 18.5. The molecule has 0 amide bonds. The average Bonchev–Trinajstić information content (AvgIpc) is 2.90. The van der Waals surface area contributed by atoms with Crippen molar-refractivity contribution < 1.29 is 64.4 Å². The third-order valence-electron chi connectivity index (χ3n) is 8.02. The maximum atomic E-state index is 12.1. The molecule has 0 radical (unpaired) electrons. The van der Waals surface area contributed by atoms with Crippen molar-refractivity contribution in [1.29, 1.82) is 0 Å². The third kappa shape index (κ3) is 15.9. The molecule has 0 unspecified atom stereocenters. The summed E-state index contributed by atoms with van der Waals surface area (Å²) < 4.78 is 36.2. The van der Waals surface area contributed by atoms with E-state index in [1.807, 2.05) is 0 Å². The predicted octanol–water partition coefficient (Wildman–Crippen LogP) is 7.67. The zero-order chi connectivity index (χ0) is 27.5. The van der Waals surface area contributed by atoms with Crippen LogP contribution in [-0.4, -0.2) is 13.0 Å². The number of benzene rings is 2. The Morgan fingerprint density at radius 2 is 0.974 bits per heavy atom. The van der Waals surface area contributed by atoms with Crippen molar-refractivity contribution in [3.8, 4) is 0 Å². The summed E-state index contributed by atoms with van der Waals surface area (Å²) in [6.45, 7) is 4.51. The first-order valence-electron chi connectivity index (χ1n) is 16.0. The molecule has 3 nitrogen and oxygen atoms in total. The molecule has 0 saturated heterocycles. The molecule has 0 N–H and O–H groups in total. The molecule has 39 heavy (non-hydrogen) atoms. The molecule has 2 aromatic carbocycles. The zero-order valence-corrected chi connectivity index (χ0v) is 29.5. The van der Waals surface area contributed by atoms with Crippen LogP contribution in [0.25, 0.3) is 10.8 Å². The Kier molecular flexibility index (Phi) is 21.8. The van der Waals surface area contributed by atoms with Crippen LogP contribution >= 0.6 is 0 Å². The minimum atomic E-state index is -4.49. The van der Waals surface area contributed by atoms with Crippen LogP contribution in [0, 0.1) is 0 Å². The van der Waals surface area contributed by atoms with E-state index < -0.39 is 10.1 Å². The van der Waals surface area contributed by atoms with E-state index in [1.165, 1.54) is 121 Å². The molecule has 0 fully saturated rings. The van der Waals surface area contributed by atoms with Crippen molar-refractivity contribution in [2.45, 2.75) is 160 Å². The second kappa shape index (κ2) is 22.8. The molecule has 0 aliphatic carbocycles. The minimum Gasteiger partial charge on any atom is -0.744 e. The van der Waals surface area contributed by atoms with Gasteiger partial charge in [0.05, 0.1) is 4.90 Å². The van der Waals surface area contributed by atoms with Crippen molar-refractivity contribution in [2.75, 3.05) is 0 Å². The number of fused-ring (bicyclic) bond motifs is 1. The topological polar surface area (TPSA) is 57.2 Å². The van der Waals surface area contributed by atoms with Gasteiger partial charge in [0.2, 0.25) is 0 Å². The van der Waals surface area contributed by atoms with Gasteiger partial charge in [-0.05, 0) is 53.6 Å². The van der Waals surface area contributed by atoms with Crippen LogP contribution in [0.15, 0.2) is 35.2 Å². The Bertz CT molecular complexity index is 1000. The first-order valence-corrected chi connectivity index (χ1v) is 17.4. The molecule has 216 valence electrons. The van der Waals surface area contributed by atoms with Crippen molar-refractivity contribution >= 4 is 20.9 Å². The van der Waals surface area contributed by atoms with Crippen LogP contribution in [0.5, 0.6) is 0 Å². The van der Waals surface area contributed by atoms with Gasteiger partial charge in [-0.1, -0.05) is 154 Å². The summed E-state index contributed by atoms with van der Waals surface area (Å²) in [5.74, 6) is 0. The van der Waals surface area contributed by atoms with E-state index in [9.17, 15) is 13.0 Å². The number of unbranched alkanes of at least 4 members (excludes halogenated alkanes) is 18. The van der Waals surface area contributed by atoms with Crippen LogP contribution in [0.2, 0.25) is 0 Å². The molecule has 2 aromatic rings. The van der Waals surface area contributed by atoms with Crippen LogP contribution in [0.4, 0.5) is 0 Å². The quantitative estimate of drug-likeness (QED) is 0.0767. The summed E-state index contributed by atoms with van der Waals surface area (Å²) in [6, 6.07) is 9.75. The number of rotatable bonds is 23. The van der Waals surface area contributed by atoms with E-state index in [1.54, 1.807) is 6.07 Å². The van der Waals surface area contributed by atoms with Gasteiger partial charge in [0.25, 0.3) is 0 Å². The third-order valence-corrected chi connectivity index (χ3v) is 8.94. The number of aryl methyl sites for hydroxylation is 2. The van der Waals surface area contributed by atoms with Crippen molar-refractivity contribution in [3.05, 3.63) is 41.5 Å². The summed E-state index contributed by atoms with van der Waals surface area (Å²) in [5, 5.41) is 1.99. The molecule has 0 saturated carbocycles. The summed E-state index contributed by atoms with van der Waals surface area (Å²) in [5.41, 5.74) is 1.99. The van der Waals surface area contributed by atoms with E-state index in [2.05, 4.69) is 32.0 Å². The van der Waals surface area contributed by atoms with Crippen molar-refractivity contribution in [1.82, 2.24) is 0 Å². The molecule has 0 aliphatic rings. The van der Waals surface area contributed by atoms with E-state index in [-0.39, 0.29) is 56.3 Å². The Morgan fingerprint density at radius 3 is 1.44 bits per heavy atom. The smallest absolute Gasteiger partial charge is 0.744 e. The molecule has 0 spiro atoms. The summed E-state index contributed by atoms with van der Waals surface area (Å²) in [6.07, 6.45) is 27.3. The van der Waals surface area contributed by atoms with Gasteiger partial charge in [-0.15, -0.1) is 0 Å². The maximum absolute atomic E-state index is 12.1. The molecule has 5 heteroatoms. The van der Waals surface area contributed by atoms with Crippen molar-refractivity contribution in [3.63, 3.8) is 0 Å². The zero-order valence-electron chi connectivity index (χ0n) is 25.6. The standard InChI is InChI=1S/C34H56O3S.K/c1-3-5-7-9-11-13-15-17-19-21-23-30-25-26-31-27-28-34(38(35,36)37)32(33(31)29-30)24-22-20-18-16-14-12-10-8-6-4-2;/h25-29H,3-24H2,1-2H3,(H,35,36,37);/q;+1/p-1. The molecule has 0 atom stereocenters. The Hall–Kier alpha value is 0.246. The summed E-state index contributed by atoms with van der Waals surface area (Å²) in [4.78, 5) is -0.0167. The van der Waals surface area contributed by atoms with E-state index in [0.717, 1.165) is 42.0 Å². The van der Waals surface area contributed by atoms with Gasteiger partial charge >= 0.3 is 51.4 Å². The maximum Gasteiger partial charge on any atom is 1.00 e. The normalized spacial score (nSPS) is 11.7. The van der Waals surface area contributed by atoms with Gasteiger partial charge in [0.1, 0.15) is 10.1 Å². The average molecular weight is 583 g/mol. The fraction of sp³-hybridized carbons (Fsp3) is 0.706. The summed E-state index contributed by atoms with van der Waals surface area (Å²) >= 11 is 0. The van der Waals surface area contributed by atoms with Gasteiger partial charge < -0.3 is 4.55 Å². The van der Waals surface area contributed by atoms with Gasteiger partial charge in [-0.25, -0.2) is 8.42 Å². The molecule has 0 bridgehead atoms. The predicted molar refractivity (Wildman–Crippen MR) is 163 cm³/mol. The van der Waals surface area contributed by atoms with Gasteiger partial charge in [-0.2, -0.15) is 0 Å². The molecule has 2 rings (SSSR count). The monoisotopic (exact) mass is 582 g/mol. The fourth-order valence-electron chi connectivity index (χ4n) is 5.66. The Balaban J connectivity index is 0.00000760. The largest absolute Gasteiger partial charge is 1.00 e. The van der Waals surface area contributed by atoms with Crippen LogP contribution in [0.1, 0.15) is 153 Å². The van der Waals surface area contributed by atoms with Crippen LogP contribution in [0.3, 0.4) is 0 Å². The van der Waals surface area contributed by atoms with Gasteiger partial charge in [0.15, 0.2) is 0 Å². The number of hydrogen-bond donors (Lipinski definition) is 0. The van der Waals surface area contributed by atoms with E-state index in [0.29, 0.717) is 6.42 Å². The summed E-state index contributed by atoms with van der Waals surface area (Å²) in [7, 11) is -4.49. The molecular weight excluding hydrogens is 528 g/mol. The Labute approximate surface area is 283 Å². The second-order valence-corrected chi connectivity index (χ2v) is 12.8. The SMILES string of the molecule is CCCCCCCCCCCCc1ccc2ccc(S(=O)(=O)[O-])c(CCCCCCCCCCCC)c2c1.[K+]. The van der Waals surface area contributed by atoms with E-state index in [4.69, 9.17) is 0 Å². The first kappa shape index (κ1) is 37.3. The molecule has 0 aromatic heterocycles. The minimum absolute atomic E-state index is 0. The van der Waals surface area contributed by atoms with Crippen molar-refractivity contribution in [2.24, 2.45) is 0 Å². The molecule has 0 aliphatic heterocycles. The Morgan fingerprint density at radius 1 is 0.564 bits per heavy atom. The van der Waals surface area contributed by atoms with Gasteiger partial charge in [-0.3, -0.25) is 0 Å². The van der Waals surface area contributed by atoms with Crippen LogP contribution < -0.4 is 51.4 Å². The van der Waals surface area contributed by atoms with Crippen LogP contribution in [-0.2, 0) is 23.0 Å². The second-order valence-electron chi connectivity index (χ2n) is 11.4.